The molecule has 1 N–H and O–H groups in total. The van der Waals surface area contributed by atoms with E-state index in [1.54, 1.807) is 12.1 Å². The molecule has 2 saturated carbocycles. The number of fused-ring (bicyclic) bond motifs is 2. The summed E-state index contributed by atoms with van der Waals surface area (Å²) in [5.74, 6) is 2.70. The van der Waals surface area contributed by atoms with Crippen LogP contribution in [-0.4, -0.2) is 34.2 Å². The van der Waals surface area contributed by atoms with E-state index in [1.807, 2.05) is 25.3 Å². The number of esters is 1. The molecule has 0 spiro atoms. The fraction of sp³-hybridized carbons (Fsp3) is 0.591. The van der Waals surface area contributed by atoms with E-state index in [9.17, 15) is 9.59 Å². The number of nitrogens with one attached hydrogen (secondary N) is 1. The monoisotopic (exact) mass is 399 g/mol. The summed E-state index contributed by atoms with van der Waals surface area (Å²) in [5, 5.41) is 7.04. The molecule has 2 heterocycles. The van der Waals surface area contributed by atoms with Crippen molar-refractivity contribution in [3.63, 3.8) is 0 Å². The molecular formula is C22H29N3O4. The van der Waals surface area contributed by atoms with Crippen LogP contribution in [-0.2, 0) is 9.53 Å². The van der Waals surface area contributed by atoms with E-state index in [2.05, 4.69) is 17.4 Å². The average Bonchev–Trinajstić information content (AvgIpc) is 3.45. The van der Waals surface area contributed by atoms with Gasteiger partial charge in [0.2, 0.25) is 0 Å². The Morgan fingerprint density at radius 2 is 2.07 bits per heavy atom. The summed E-state index contributed by atoms with van der Waals surface area (Å²) in [6.45, 7) is 7.33. The molecule has 4 unspecified atom stereocenters. The van der Waals surface area contributed by atoms with Crippen molar-refractivity contribution < 1.29 is 18.8 Å². The maximum absolute atomic E-state index is 12.6. The fourth-order valence-corrected chi connectivity index (χ4v) is 5.30. The molecule has 4 atom stereocenters. The molecule has 0 aromatic carbocycles. The Balaban J connectivity index is 1.34. The van der Waals surface area contributed by atoms with Crippen molar-refractivity contribution in [3.8, 4) is 5.82 Å². The first kappa shape index (κ1) is 19.7. The van der Waals surface area contributed by atoms with Gasteiger partial charge in [-0.1, -0.05) is 11.6 Å². The lowest BCUT2D eigenvalue weighted by atomic mass is 9.84. The van der Waals surface area contributed by atoms with Crippen LogP contribution in [0.4, 0.5) is 0 Å². The number of carbonyl (C=O) groups is 2. The summed E-state index contributed by atoms with van der Waals surface area (Å²) in [5.41, 5.74) is 1.98. The smallest absolute Gasteiger partial charge is 0.340 e. The number of hydrogen-bond acceptors (Lipinski definition) is 5. The lowest BCUT2D eigenvalue weighted by Crippen LogP contribution is -2.42. The Bertz CT molecular complexity index is 929. The minimum absolute atomic E-state index is 0.122. The number of nitrogens with zero attached hydrogens (tertiary/aromatic N) is 2. The molecule has 1 amide bonds. The Morgan fingerprint density at radius 1 is 1.28 bits per heavy atom. The number of aromatic nitrogens is 2. The molecule has 2 bridgehead atoms. The standard InChI is InChI=1S/C22H29N3O4/c1-12-7-19(15(4)25(12)20-8-13(2)29-24-20)22(27)28-11-21(26)23-14(3)18-10-16-5-6-17(18)9-16/h7-8,14,16-18H,5-6,9-11H2,1-4H3,(H,23,26). The maximum atomic E-state index is 12.6. The largest absolute Gasteiger partial charge is 0.452 e. The lowest BCUT2D eigenvalue weighted by Gasteiger charge is -2.28. The molecule has 4 rings (SSSR count). The highest BCUT2D eigenvalue weighted by Gasteiger charge is 2.42. The van der Waals surface area contributed by atoms with Crippen LogP contribution in [0, 0.1) is 38.5 Å². The first-order valence-electron chi connectivity index (χ1n) is 10.4. The Kier molecular flexibility index (Phi) is 5.23. The average molecular weight is 399 g/mol. The quantitative estimate of drug-likeness (QED) is 0.752. The third-order valence-corrected chi connectivity index (χ3v) is 6.65. The molecule has 2 aromatic heterocycles. The molecular weight excluding hydrogens is 370 g/mol. The lowest BCUT2D eigenvalue weighted by molar-refractivity contribution is -0.125. The van der Waals surface area contributed by atoms with Crippen molar-refractivity contribution in [1.29, 1.82) is 0 Å². The zero-order valence-corrected chi connectivity index (χ0v) is 17.5. The van der Waals surface area contributed by atoms with Crippen molar-refractivity contribution in [2.75, 3.05) is 6.61 Å². The Labute approximate surface area is 170 Å². The summed E-state index contributed by atoms with van der Waals surface area (Å²) >= 11 is 0. The fourth-order valence-electron chi connectivity index (χ4n) is 5.30. The number of amides is 1. The van der Waals surface area contributed by atoms with E-state index >= 15 is 0 Å². The summed E-state index contributed by atoms with van der Waals surface area (Å²) in [6.07, 6.45) is 5.14. The van der Waals surface area contributed by atoms with Gasteiger partial charge in [0.15, 0.2) is 12.4 Å². The molecule has 29 heavy (non-hydrogen) atoms. The van der Waals surface area contributed by atoms with Crippen LogP contribution in [0.15, 0.2) is 16.7 Å². The molecule has 2 aliphatic rings. The minimum Gasteiger partial charge on any atom is -0.452 e. The molecule has 7 nitrogen and oxygen atoms in total. The molecule has 2 aromatic rings. The van der Waals surface area contributed by atoms with E-state index in [4.69, 9.17) is 9.26 Å². The number of rotatable bonds is 6. The summed E-state index contributed by atoms with van der Waals surface area (Å²) in [7, 11) is 0. The van der Waals surface area contributed by atoms with Crippen molar-refractivity contribution in [2.24, 2.45) is 17.8 Å². The molecule has 0 saturated heterocycles. The molecule has 0 aliphatic heterocycles. The topological polar surface area (TPSA) is 86.4 Å². The highest BCUT2D eigenvalue weighted by molar-refractivity contribution is 5.93. The summed E-state index contributed by atoms with van der Waals surface area (Å²) in [6, 6.07) is 3.67. The van der Waals surface area contributed by atoms with Gasteiger partial charge in [-0.15, -0.1) is 0 Å². The zero-order chi connectivity index (χ0) is 20.7. The highest BCUT2D eigenvalue weighted by Crippen LogP contribution is 2.49. The normalized spacial score (nSPS) is 23.9. The van der Waals surface area contributed by atoms with Crippen LogP contribution >= 0.6 is 0 Å². The van der Waals surface area contributed by atoms with Crippen molar-refractivity contribution >= 4 is 11.9 Å². The number of ether oxygens (including phenoxy) is 1. The highest BCUT2D eigenvalue weighted by atomic mass is 16.5. The third-order valence-electron chi connectivity index (χ3n) is 6.65. The molecule has 7 heteroatoms. The third kappa shape index (κ3) is 3.82. The predicted octanol–water partition coefficient (Wildman–Crippen LogP) is 3.49. The second-order valence-electron chi connectivity index (χ2n) is 8.69. The van der Waals surface area contributed by atoms with Crippen LogP contribution < -0.4 is 5.32 Å². The SMILES string of the molecule is Cc1cc(-n2c(C)cc(C(=O)OCC(=O)NC(C)C3CC4CCC3C4)c2C)no1. The van der Waals surface area contributed by atoms with Gasteiger partial charge >= 0.3 is 5.97 Å². The van der Waals surface area contributed by atoms with Crippen molar-refractivity contribution in [3.05, 3.63) is 34.8 Å². The number of carbonyl (C=O) groups excluding carboxylic acids is 2. The van der Waals surface area contributed by atoms with Gasteiger partial charge in [0.1, 0.15) is 5.76 Å². The van der Waals surface area contributed by atoms with E-state index < -0.39 is 5.97 Å². The van der Waals surface area contributed by atoms with Crippen LogP contribution in [0.1, 0.15) is 60.1 Å². The molecule has 2 aliphatic carbocycles. The first-order valence-corrected chi connectivity index (χ1v) is 10.4. The van der Waals surface area contributed by atoms with Gasteiger partial charge in [0, 0.05) is 23.5 Å². The number of aryl methyl sites for hydroxylation is 2. The van der Waals surface area contributed by atoms with E-state index in [-0.39, 0.29) is 18.6 Å². The van der Waals surface area contributed by atoms with E-state index in [0.29, 0.717) is 28.8 Å². The maximum Gasteiger partial charge on any atom is 0.340 e. The molecule has 0 radical (unpaired) electrons. The van der Waals surface area contributed by atoms with Crippen LogP contribution in [0.5, 0.6) is 0 Å². The van der Waals surface area contributed by atoms with Gasteiger partial charge < -0.3 is 14.6 Å². The Hall–Kier alpha value is -2.57. The first-order chi connectivity index (χ1) is 13.8. The van der Waals surface area contributed by atoms with Crippen molar-refractivity contribution in [1.82, 2.24) is 15.0 Å². The van der Waals surface area contributed by atoms with E-state index in [1.165, 1.54) is 25.7 Å². The van der Waals surface area contributed by atoms with Crippen LogP contribution in [0.25, 0.3) is 5.82 Å². The summed E-state index contributed by atoms with van der Waals surface area (Å²) in [4.78, 5) is 24.9. The van der Waals surface area contributed by atoms with Gasteiger partial charge in [-0.2, -0.15) is 0 Å². The van der Waals surface area contributed by atoms with Gasteiger partial charge in [0.05, 0.1) is 5.56 Å². The van der Waals surface area contributed by atoms with Crippen molar-refractivity contribution in [2.45, 2.75) is 59.4 Å². The Morgan fingerprint density at radius 3 is 2.69 bits per heavy atom. The van der Waals surface area contributed by atoms with Gasteiger partial charge in [-0.3, -0.25) is 9.36 Å². The zero-order valence-electron chi connectivity index (χ0n) is 17.5. The van der Waals surface area contributed by atoms with Crippen LogP contribution in [0.3, 0.4) is 0 Å². The summed E-state index contributed by atoms with van der Waals surface area (Å²) < 4.78 is 12.3. The second-order valence-corrected chi connectivity index (χ2v) is 8.69. The van der Waals surface area contributed by atoms with Crippen LogP contribution in [0.2, 0.25) is 0 Å². The van der Waals surface area contributed by atoms with Gasteiger partial charge in [-0.25, -0.2) is 4.79 Å². The van der Waals surface area contributed by atoms with E-state index in [0.717, 1.165) is 17.5 Å². The molecule has 156 valence electrons. The van der Waals surface area contributed by atoms with Gasteiger partial charge in [0.25, 0.3) is 5.91 Å². The molecule has 2 fully saturated rings. The van der Waals surface area contributed by atoms with Gasteiger partial charge in [-0.05, 0) is 70.8 Å². The second kappa shape index (κ2) is 7.69. The number of hydrogen-bond donors (Lipinski definition) is 1. The minimum atomic E-state index is -0.507. The predicted molar refractivity (Wildman–Crippen MR) is 107 cm³/mol.